The number of fused-ring (bicyclic) bond motifs is 1. The molecule has 47 heavy (non-hydrogen) atoms. The third-order valence-electron chi connectivity index (χ3n) is 9.45. The van der Waals surface area contributed by atoms with E-state index in [9.17, 15) is 0 Å². The number of ether oxygens (including phenoxy) is 6. The molecule has 0 bridgehead atoms. The van der Waals surface area contributed by atoms with Crippen molar-refractivity contribution in [2.24, 2.45) is 0 Å². The molecule has 4 rings (SSSR count). The van der Waals surface area contributed by atoms with Crippen LogP contribution in [0.15, 0.2) is 30.3 Å². The number of aryl methyl sites for hydroxylation is 1. The molecule has 0 saturated carbocycles. The number of halogens is 1. The predicted octanol–water partition coefficient (Wildman–Crippen LogP) is 9.80. The van der Waals surface area contributed by atoms with Crippen molar-refractivity contribution in [2.45, 2.75) is 142 Å². The maximum Gasteiger partial charge on any atom is 0.142 e. The fourth-order valence-corrected chi connectivity index (χ4v) is 6.83. The average Bonchev–Trinajstić information content (AvgIpc) is 3.48. The van der Waals surface area contributed by atoms with Crippen LogP contribution in [0.25, 0.3) is 0 Å². The van der Waals surface area contributed by atoms with Gasteiger partial charge in [0.05, 0.1) is 18.2 Å². The molecule has 264 valence electrons. The minimum atomic E-state index is -0.388. The lowest BCUT2D eigenvalue weighted by Gasteiger charge is -2.47. The van der Waals surface area contributed by atoms with Gasteiger partial charge in [-0.2, -0.15) is 0 Å². The third-order valence-corrected chi connectivity index (χ3v) is 9.87. The van der Waals surface area contributed by atoms with Crippen LogP contribution in [-0.2, 0) is 36.5 Å². The molecule has 2 aliphatic rings. The fourth-order valence-electron chi connectivity index (χ4n) is 6.55. The topological polar surface area (TPSA) is 55.4 Å². The molecule has 2 aromatic rings. The lowest BCUT2D eigenvalue weighted by Crippen LogP contribution is -2.58. The summed E-state index contributed by atoms with van der Waals surface area (Å²) in [6.45, 7) is 16.8. The molecule has 0 aromatic heterocycles. The SMILES string of the molecule is CCCCOC[C@H]1O[C@@H](c2cc(Cc3ccc(CC)cc3)c(Cl)c3c2C(C)CO3)[C@H](OCCCC)[C@@H](OCCCC)[C@@H]1OCCCC. The Morgan fingerprint density at radius 2 is 1.32 bits per heavy atom. The fraction of sp³-hybridized carbons (Fsp3) is 0.700. The molecule has 0 N–H and O–H groups in total. The van der Waals surface area contributed by atoms with Crippen LogP contribution in [0.2, 0.25) is 5.02 Å². The zero-order valence-electron chi connectivity index (χ0n) is 30.0. The minimum absolute atomic E-state index is 0.174. The van der Waals surface area contributed by atoms with Crippen LogP contribution >= 0.6 is 11.6 Å². The molecule has 1 saturated heterocycles. The van der Waals surface area contributed by atoms with Gasteiger partial charge in [-0.15, -0.1) is 0 Å². The van der Waals surface area contributed by atoms with Gasteiger partial charge >= 0.3 is 0 Å². The van der Waals surface area contributed by atoms with E-state index < -0.39 is 0 Å². The molecule has 0 amide bonds. The minimum Gasteiger partial charge on any atom is -0.491 e. The summed E-state index contributed by atoms with van der Waals surface area (Å²) < 4.78 is 40.0. The summed E-state index contributed by atoms with van der Waals surface area (Å²) >= 11 is 7.15. The standard InChI is InChI=1S/C40H61ClO6/c1-7-12-20-42-27-33-37(43-21-13-8-2)40(45-23-15-10-4)39(44-22-14-9-3)36(47-33)32-25-31(24-30-18-16-29(11-5)17-19-30)35(41)38-34(32)28(6)26-46-38/h16-19,25,28,33,36-37,39-40H,7-15,20-24,26-27H2,1-6H3/t28?,33-,36+,37-,39+,40+/m1/s1. The first-order valence-electron chi connectivity index (χ1n) is 18.6. The van der Waals surface area contributed by atoms with Crippen LogP contribution in [0.5, 0.6) is 5.75 Å². The summed E-state index contributed by atoms with van der Waals surface area (Å²) in [6.07, 6.45) is 8.26. The first-order chi connectivity index (χ1) is 23.0. The molecule has 0 radical (unpaired) electrons. The van der Waals surface area contributed by atoms with Crippen molar-refractivity contribution in [3.05, 3.63) is 63.2 Å². The second-order valence-electron chi connectivity index (χ2n) is 13.3. The third kappa shape index (κ3) is 10.2. The maximum atomic E-state index is 7.17. The van der Waals surface area contributed by atoms with Gasteiger partial charge in [-0.25, -0.2) is 0 Å². The highest BCUT2D eigenvalue weighted by Gasteiger charge is 2.50. The molecule has 2 aromatic carbocycles. The van der Waals surface area contributed by atoms with Crippen LogP contribution in [0.4, 0.5) is 0 Å². The van der Waals surface area contributed by atoms with Crippen molar-refractivity contribution >= 4 is 11.6 Å². The largest absolute Gasteiger partial charge is 0.491 e. The quantitative estimate of drug-likeness (QED) is 0.123. The molecular formula is C40H61ClO6. The van der Waals surface area contributed by atoms with E-state index in [0.29, 0.717) is 51.1 Å². The summed E-state index contributed by atoms with van der Waals surface area (Å²) in [7, 11) is 0. The van der Waals surface area contributed by atoms with E-state index >= 15 is 0 Å². The summed E-state index contributed by atoms with van der Waals surface area (Å²) in [5.74, 6) is 0.959. The molecule has 0 spiro atoms. The normalized spacial score (nSPS) is 24.0. The number of hydrogen-bond acceptors (Lipinski definition) is 6. The van der Waals surface area contributed by atoms with Gasteiger partial charge in [0.15, 0.2) is 0 Å². The lowest BCUT2D eigenvalue weighted by atomic mass is 9.84. The highest BCUT2D eigenvalue weighted by atomic mass is 35.5. The Balaban J connectivity index is 1.80. The van der Waals surface area contributed by atoms with Gasteiger partial charge in [0.25, 0.3) is 0 Å². The summed E-state index contributed by atoms with van der Waals surface area (Å²) in [6, 6.07) is 11.1. The first-order valence-corrected chi connectivity index (χ1v) is 19.0. The zero-order chi connectivity index (χ0) is 33.6. The van der Waals surface area contributed by atoms with E-state index in [4.69, 9.17) is 40.0 Å². The van der Waals surface area contributed by atoms with Gasteiger partial charge in [0.2, 0.25) is 0 Å². The molecule has 1 fully saturated rings. The monoisotopic (exact) mass is 672 g/mol. The number of hydrogen-bond donors (Lipinski definition) is 0. The van der Waals surface area contributed by atoms with Crippen molar-refractivity contribution in [1.82, 2.24) is 0 Å². The van der Waals surface area contributed by atoms with Crippen LogP contribution in [0.3, 0.4) is 0 Å². The van der Waals surface area contributed by atoms with Gasteiger partial charge in [-0.1, -0.05) is 109 Å². The first kappa shape index (κ1) is 38.1. The number of benzene rings is 2. The van der Waals surface area contributed by atoms with Gasteiger partial charge in [0.1, 0.15) is 36.3 Å². The molecular weight excluding hydrogens is 612 g/mol. The molecule has 6 atom stereocenters. The van der Waals surface area contributed by atoms with Gasteiger partial charge in [-0.3, -0.25) is 0 Å². The van der Waals surface area contributed by atoms with E-state index in [1.54, 1.807) is 0 Å². The highest BCUT2D eigenvalue weighted by molar-refractivity contribution is 6.33. The molecule has 0 aliphatic carbocycles. The van der Waals surface area contributed by atoms with E-state index in [-0.39, 0.29) is 36.4 Å². The summed E-state index contributed by atoms with van der Waals surface area (Å²) in [5.41, 5.74) is 5.79. The van der Waals surface area contributed by atoms with Crippen molar-refractivity contribution < 1.29 is 28.4 Å². The van der Waals surface area contributed by atoms with Gasteiger partial charge in [-0.05, 0) is 60.8 Å². The van der Waals surface area contributed by atoms with E-state index in [1.807, 2.05) is 0 Å². The Morgan fingerprint density at radius 3 is 1.94 bits per heavy atom. The molecule has 7 heteroatoms. The Bertz CT molecular complexity index is 1190. The smallest absolute Gasteiger partial charge is 0.142 e. The van der Waals surface area contributed by atoms with Crippen molar-refractivity contribution in [3.8, 4) is 5.75 Å². The van der Waals surface area contributed by atoms with Crippen molar-refractivity contribution in [3.63, 3.8) is 0 Å². The predicted molar refractivity (Wildman–Crippen MR) is 191 cm³/mol. The molecule has 2 aliphatic heterocycles. The van der Waals surface area contributed by atoms with Gasteiger partial charge in [0, 0.05) is 37.9 Å². The summed E-state index contributed by atoms with van der Waals surface area (Å²) in [5, 5.41) is 0.697. The molecule has 2 heterocycles. The Morgan fingerprint density at radius 1 is 0.745 bits per heavy atom. The van der Waals surface area contributed by atoms with Crippen molar-refractivity contribution in [1.29, 1.82) is 0 Å². The molecule has 1 unspecified atom stereocenters. The van der Waals surface area contributed by atoms with E-state index in [1.165, 1.54) is 11.1 Å². The van der Waals surface area contributed by atoms with E-state index in [0.717, 1.165) is 80.2 Å². The number of unbranched alkanes of at least 4 members (excludes halogenated alkanes) is 4. The second kappa shape index (κ2) is 20.1. The Kier molecular flexibility index (Phi) is 16.3. The van der Waals surface area contributed by atoms with Crippen molar-refractivity contribution in [2.75, 3.05) is 39.6 Å². The van der Waals surface area contributed by atoms with Crippen LogP contribution < -0.4 is 4.74 Å². The summed E-state index contributed by atoms with van der Waals surface area (Å²) in [4.78, 5) is 0. The second-order valence-corrected chi connectivity index (χ2v) is 13.7. The highest BCUT2D eigenvalue weighted by Crippen LogP contribution is 2.49. The Labute approximate surface area is 290 Å². The lowest BCUT2D eigenvalue weighted by molar-refractivity contribution is -0.268. The molecule has 6 nitrogen and oxygen atoms in total. The average molecular weight is 673 g/mol. The number of rotatable bonds is 21. The maximum absolute atomic E-state index is 7.17. The van der Waals surface area contributed by atoms with E-state index in [2.05, 4.69) is 71.9 Å². The van der Waals surface area contributed by atoms with Crippen LogP contribution in [-0.4, -0.2) is 64.1 Å². The van der Waals surface area contributed by atoms with Gasteiger partial charge < -0.3 is 28.4 Å². The van der Waals surface area contributed by atoms with Crippen LogP contribution in [0, 0.1) is 0 Å². The van der Waals surface area contributed by atoms with Crippen LogP contribution in [0.1, 0.15) is 133 Å². The zero-order valence-corrected chi connectivity index (χ0v) is 30.7. The Hall–Kier alpha value is -1.67.